The van der Waals surface area contributed by atoms with Crippen LogP contribution >= 0.6 is 23.4 Å². The fourth-order valence-electron chi connectivity index (χ4n) is 2.95. The van der Waals surface area contributed by atoms with Gasteiger partial charge >= 0.3 is 11.6 Å². The number of ether oxygens (including phenoxy) is 1. The molecule has 0 aliphatic heterocycles. The van der Waals surface area contributed by atoms with Gasteiger partial charge in [-0.15, -0.1) is 0 Å². The van der Waals surface area contributed by atoms with Gasteiger partial charge < -0.3 is 9.15 Å². The standard InChI is InChI=1S/C22H17ClN2O4S/c1-2-28-20(26)13-30-22-24-18(12-25(22)16-9-7-15(23)8-10-16)17-11-14-5-3-4-6-19(14)29-21(17)27/h3-12H,2,13H2,1H3. The average Bonchev–Trinajstić information content (AvgIpc) is 3.16. The highest BCUT2D eigenvalue weighted by Crippen LogP contribution is 2.28. The van der Waals surface area contributed by atoms with E-state index in [2.05, 4.69) is 4.98 Å². The van der Waals surface area contributed by atoms with E-state index in [1.807, 2.05) is 34.9 Å². The van der Waals surface area contributed by atoms with E-state index in [1.54, 1.807) is 37.4 Å². The van der Waals surface area contributed by atoms with Gasteiger partial charge in [-0.25, -0.2) is 9.78 Å². The molecule has 8 heteroatoms. The summed E-state index contributed by atoms with van der Waals surface area (Å²) in [5.74, 6) is -0.232. The fourth-order valence-corrected chi connectivity index (χ4v) is 3.86. The fraction of sp³-hybridized carbons (Fsp3) is 0.136. The molecule has 152 valence electrons. The van der Waals surface area contributed by atoms with Crippen LogP contribution in [0.5, 0.6) is 0 Å². The number of carbonyl (C=O) groups excluding carboxylic acids is 1. The Kier molecular flexibility index (Phi) is 5.92. The lowest BCUT2D eigenvalue weighted by Gasteiger charge is -2.07. The summed E-state index contributed by atoms with van der Waals surface area (Å²) in [5.41, 5.74) is 1.64. The van der Waals surface area contributed by atoms with Gasteiger partial charge in [-0.2, -0.15) is 0 Å². The third kappa shape index (κ3) is 4.27. The summed E-state index contributed by atoms with van der Waals surface area (Å²) in [6.45, 7) is 2.07. The van der Waals surface area contributed by atoms with E-state index in [0.29, 0.717) is 33.6 Å². The molecule has 0 unspecified atom stereocenters. The summed E-state index contributed by atoms with van der Waals surface area (Å²) in [7, 11) is 0. The number of carbonyl (C=O) groups is 1. The largest absolute Gasteiger partial charge is 0.465 e. The van der Waals surface area contributed by atoms with E-state index < -0.39 is 5.63 Å². The van der Waals surface area contributed by atoms with Crippen LogP contribution in [0.1, 0.15) is 6.92 Å². The molecule has 2 aromatic heterocycles. The van der Waals surface area contributed by atoms with Crippen molar-refractivity contribution in [1.82, 2.24) is 9.55 Å². The minimum Gasteiger partial charge on any atom is -0.465 e. The first-order valence-corrected chi connectivity index (χ1v) is 10.6. The Hall–Kier alpha value is -3.03. The number of benzene rings is 2. The molecule has 0 amide bonds. The number of para-hydroxylation sites is 1. The van der Waals surface area contributed by atoms with E-state index in [0.717, 1.165) is 11.1 Å². The first kappa shape index (κ1) is 20.3. The second-order valence-electron chi connectivity index (χ2n) is 6.33. The van der Waals surface area contributed by atoms with Crippen LogP contribution in [-0.2, 0) is 9.53 Å². The van der Waals surface area contributed by atoms with Crippen LogP contribution in [0.15, 0.2) is 75.2 Å². The summed E-state index contributed by atoms with van der Waals surface area (Å²) in [4.78, 5) is 29.0. The lowest BCUT2D eigenvalue weighted by atomic mass is 10.1. The molecular formula is C22H17ClN2O4S. The Morgan fingerprint density at radius 2 is 1.97 bits per heavy atom. The van der Waals surface area contributed by atoms with Crippen molar-refractivity contribution in [3.8, 4) is 16.9 Å². The van der Waals surface area contributed by atoms with Crippen molar-refractivity contribution in [2.75, 3.05) is 12.4 Å². The van der Waals surface area contributed by atoms with Crippen molar-refractivity contribution in [1.29, 1.82) is 0 Å². The van der Waals surface area contributed by atoms with Crippen LogP contribution in [0.2, 0.25) is 5.02 Å². The SMILES string of the molecule is CCOC(=O)CSc1nc(-c2cc3ccccc3oc2=O)cn1-c1ccc(Cl)cc1. The average molecular weight is 441 g/mol. The molecule has 2 heterocycles. The van der Waals surface area contributed by atoms with Gasteiger partial charge in [0, 0.05) is 22.3 Å². The molecule has 0 fully saturated rings. The van der Waals surface area contributed by atoms with E-state index in [9.17, 15) is 9.59 Å². The van der Waals surface area contributed by atoms with Crippen LogP contribution in [0.3, 0.4) is 0 Å². The van der Waals surface area contributed by atoms with Gasteiger partial charge in [0.25, 0.3) is 0 Å². The van der Waals surface area contributed by atoms with Crippen molar-refractivity contribution >= 4 is 40.3 Å². The molecule has 0 bridgehead atoms. The van der Waals surface area contributed by atoms with Crippen molar-refractivity contribution in [3.05, 3.63) is 76.2 Å². The maximum Gasteiger partial charge on any atom is 0.345 e. The molecule has 0 radical (unpaired) electrons. The number of nitrogens with zero attached hydrogens (tertiary/aromatic N) is 2. The maximum absolute atomic E-state index is 12.6. The number of thioether (sulfide) groups is 1. The molecule has 4 aromatic rings. The third-order valence-electron chi connectivity index (χ3n) is 4.32. The van der Waals surface area contributed by atoms with Crippen LogP contribution in [0.25, 0.3) is 27.9 Å². The Labute approximate surface area is 181 Å². The van der Waals surface area contributed by atoms with Gasteiger partial charge in [0.05, 0.1) is 23.6 Å². The van der Waals surface area contributed by atoms with Gasteiger partial charge in [0.15, 0.2) is 5.16 Å². The molecule has 0 atom stereocenters. The molecular weight excluding hydrogens is 424 g/mol. The minimum atomic E-state index is -0.476. The molecule has 0 saturated carbocycles. The third-order valence-corrected chi connectivity index (χ3v) is 5.50. The summed E-state index contributed by atoms with van der Waals surface area (Å²) in [6, 6.07) is 16.3. The maximum atomic E-state index is 12.6. The summed E-state index contributed by atoms with van der Waals surface area (Å²) < 4.78 is 12.3. The quantitative estimate of drug-likeness (QED) is 0.240. The van der Waals surface area contributed by atoms with Gasteiger partial charge in [0.2, 0.25) is 0 Å². The van der Waals surface area contributed by atoms with Crippen molar-refractivity contribution < 1.29 is 13.9 Å². The number of hydrogen-bond acceptors (Lipinski definition) is 6. The monoisotopic (exact) mass is 440 g/mol. The smallest absolute Gasteiger partial charge is 0.345 e. The number of rotatable bonds is 6. The van der Waals surface area contributed by atoms with Crippen LogP contribution in [0.4, 0.5) is 0 Å². The highest BCUT2D eigenvalue weighted by atomic mass is 35.5. The summed E-state index contributed by atoms with van der Waals surface area (Å²) in [6.07, 6.45) is 1.75. The first-order valence-electron chi connectivity index (χ1n) is 9.22. The zero-order valence-electron chi connectivity index (χ0n) is 16.0. The Bertz CT molecular complexity index is 1260. The molecule has 4 rings (SSSR count). The predicted molar refractivity (Wildman–Crippen MR) is 117 cm³/mol. The van der Waals surface area contributed by atoms with Gasteiger partial charge in [-0.05, 0) is 43.3 Å². The van der Waals surface area contributed by atoms with E-state index >= 15 is 0 Å². The van der Waals surface area contributed by atoms with Crippen molar-refractivity contribution in [2.45, 2.75) is 12.1 Å². The van der Waals surface area contributed by atoms with Gasteiger partial charge in [0.1, 0.15) is 5.58 Å². The van der Waals surface area contributed by atoms with Crippen LogP contribution in [-0.4, -0.2) is 27.9 Å². The zero-order valence-corrected chi connectivity index (χ0v) is 17.6. The molecule has 0 saturated heterocycles. The first-order chi connectivity index (χ1) is 14.5. The second kappa shape index (κ2) is 8.77. The second-order valence-corrected chi connectivity index (χ2v) is 7.71. The highest BCUT2D eigenvalue weighted by Gasteiger charge is 2.17. The minimum absolute atomic E-state index is 0.101. The van der Waals surface area contributed by atoms with E-state index in [1.165, 1.54) is 11.8 Å². The number of halogens is 1. The Morgan fingerprint density at radius 1 is 1.20 bits per heavy atom. The number of esters is 1. The van der Waals surface area contributed by atoms with E-state index in [4.69, 9.17) is 20.8 Å². The topological polar surface area (TPSA) is 74.3 Å². The van der Waals surface area contributed by atoms with Gasteiger partial charge in [-0.1, -0.05) is 41.6 Å². The Balaban J connectivity index is 1.78. The van der Waals surface area contributed by atoms with Gasteiger partial charge in [-0.3, -0.25) is 9.36 Å². The number of fused-ring (bicyclic) bond motifs is 1. The number of imidazole rings is 1. The molecule has 6 nitrogen and oxygen atoms in total. The van der Waals surface area contributed by atoms with Crippen LogP contribution < -0.4 is 5.63 Å². The molecule has 0 N–H and O–H groups in total. The van der Waals surface area contributed by atoms with E-state index in [-0.39, 0.29) is 11.7 Å². The molecule has 2 aromatic carbocycles. The molecule has 0 spiro atoms. The zero-order chi connectivity index (χ0) is 21.1. The highest BCUT2D eigenvalue weighted by molar-refractivity contribution is 7.99. The number of hydrogen-bond donors (Lipinski definition) is 0. The van der Waals surface area contributed by atoms with Crippen molar-refractivity contribution in [2.24, 2.45) is 0 Å². The number of aromatic nitrogens is 2. The normalized spacial score (nSPS) is 11.0. The van der Waals surface area contributed by atoms with Crippen LogP contribution in [0, 0.1) is 0 Å². The molecule has 0 aliphatic rings. The lowest BCUT2D eigenvalue weighted by Crippen LogP contribution is -2.07. The molecule has 0 aliphatic carbocycles. The predicted octanol–water partition coefficient (Wildman–Crippen LogP) is 4.95. The summed E-state index contributed by atoms with van der Waals surface area (Å²) in [5, 5.41) is 1.96. The Morgan fingerprint density at radius 3 is 2.73 bits per heavy atom. The molecule has 30 heavy (non-hydrogen) atoms. The van der Waals surface area contributed by atoms with Crippen molar-refractivity contribution in [3.63, 3.8) is 0 Å². The lowest BCUT2D eigenvalue weighted by molar-refractivity contribution is -0.139. The summed E-state index contributed by atoms with van der Waals surface area (Å²) >= 11 is 7.24.